The summed E-state index contributed by atoms with van der Waals surface area (Å²) in [5.41, 5.74) is 0.495. The van der Waals surface area contributed by atoms with E-state index >= 15 is 0 Å². The summed E-state index contributed by atoms with van der Waals surface area (Å²) in [5.74, 6) is 0.413. The highest BCUT2D eigenvalue weighted by molar-refractivity contribution is 5.80. The Balaban J connectivity index is 2.42. The van der Waals surface area contributed by atoms with Crippen LogP contribution in [0.5, 0.6) is 0 Å². The summed E-state index contributed by atoms with van der Waals surface area (Å²) >= 11 is 0. The molecule has 1 atom stereocenters. The van der Waals surface area contributed by atoms with Crippen molar-refractivity contribution >= 4 is 5.91 Å². The van der Waals surface area contributed by atoms with Gasteiger partial charge in [0.2, 0.25) is 5.91 Å². The predicted octanol–water partition coefficient (Wildman–Crippen LogP) is 0.162. The molecule has 0 fully saturated rings. The summed E-state index contributed by atoms with van der Waals surface area (Å²) in [6.07, 6.45) is 0.0288. The maximum atomic E-state index is 11.5. The normalized spacial score (nSPS) is 12.2. The maximum Gasteiger partial charge on any atom is 0.251 e. The van der Waals surface area contributed by atoms with Gasteiger partial charge in [-0.3, -0.25) is 9.59 Å². The molecule has 0 aromatic carbocycles. The van der Waals surface area contributed by atoms with Crippen LogP contribution in [-0.4, -0.2) is 35.1 Å². The van der Waals surface area contributed by atoms with E-state index in [1.165, 1.54) is 6.07 Å². The number of carbonyl (C=O) groups excluding carboxylic acids is 1. The molecule has 0 aliphatic carbocycles. The Morgan fingerprint density at radius 3 is 2.94 bits per heavy atom. The number of hydrogen-bond acceptors (Lipinski definition) is 4. The fraction of sp³-hybridized carbons (Fsp3) is 0.583. The number of aromatic amines is 1. The lowest BCUT2D eigenvalue weighted by Gasteiger charge is -2.11. The lowest BCUT2D eigenvalue weighted by molar-refractivity contribution is -0.131. The second kappa shape index (κ2) is 6.90. The van der Waals surface area contributed by atoms with Crippen LogP contribution in [0.15, 0.2) is 10.9 Å². The molecule has 6 heteroatoms. The summed E-state index contributed by atoms with van der Waals surface area (Å²) < 4.78 is 5.16. The number of rotatable bonds is 6. The molecular weight excluding hydrogens is 234 g/mol. The number of hydrogen-bond donors (Lipinski definition) is 2. The third-order valence-electron chi connectivity index (χ3n) is 2.37. The Labute approximate surface area is 106 Å². The topological polar surface area (TPSA) is 84.1 Å². The minimum atomic E-state index is -0.459. The minimum Gasteiger partial charge on any atom is -0.369 e. The van der Waals surface area contributed by atoms with E-state index in [4.69, 9.17) is 4.74 Å². The largest absolute Gasteiger partial charge is 0.369 e. The van der Waals surface area contributed by atoms with E-state index < -0.39 is 6.10 Å². The molecule has 1 aromatic heterocycles. The van der Waals surface area contributed by atoms with Crippen LogP contribution in [0.1, 0.15) is 25.4 Å². The van der Waals surface area contributed by atoms with Gasteiger partial charge in [-0.1, -0.05) is 0 Å². The number of aryl methyl sites for hydroxylation is 1. The quantitative estimate of drug-likeness (QED) is 0.756. The van der Waals surface area contributed by atoms with Gasteiger partial charge in [0.1, 0.15) is 11.9 Å². The molecule has 1 heterocycles. The van der Waals surface area contributed by atoms with Crippen LogP contribution < -0.4 is 10.9 Å². The number of nitrogens with zero attached hydrogens (tertiary/aromatic N) is 1. The summed E-state index contributed by atoms with van der Waals surface area (Å²) in [6.45, 7) is 6.22. The molecule has 1 rings (SSSR count). The molecule has 2 N–H and O–H groups in total. The molecule has 6 nitrogen and oxygen atoms in total. The van der Waals surface area contributed by atoms with E-state index in [-0.39, 0.29) is 11.5 Å². The highest BCUT2D eigenvalue weighted by atomic mass is 16.5. The maximum absolute atomic E-state index is 11.5. The lowest BCUT2D eigenvalue weighted by atomic mass is 10.3. The van der Waals surface area contributed by atoms with Crippen molar-refractivity contribution < 1.29 is 9.53 Å². The second-order valence-electron chi connectivity index (χ2n) is 3.97. The number of amides is 1. The Kier molecular flexibility index (Phi) is 5.51. The molecule has 18 heavy (non-hydrogen) atoms. The van der Waals surface area contributed by atoms with Gasteiger partial charge in [0.05, 0.1) is 0 Å². The van der Waals surface area contributed by atoms with Crippen molar-refractivity contribution in [1.82, 2.24) is 15.3 Å². The van der Waals surface area contributed by atoms with E-state index in [9.17, 15) is 9.59 Å². The summed E-state index contributed by atoms with van der Waals surface area (Å²) in [6, 6.07) is 1.43. The number of ether oxygens (including phenoxy) is 1. The zero-order chi connectivity index (χ0) is 13.5. The standard InChI is InChI=1S/C12H19N3O3/c1-4-18-9(3)12(17)13-6-5-10-14-8(2)7-11(16)15-10/h7,9H,4-6H2,1-3H3,(H,13,17)(H,14,15,16)/t9-/m0/s1. The van der Waals surface area contributed by atoms with Crippen LogP contribution in [0.4, 0.5) is 0 Å². The van der Waals surface area contributed by atoms with E-state index in [0.29, 0.717) is 31.1 Å². The molecule has 0 bridgehead atoms. The number of H-pyrrole nitrogens is 1. The predicted molar refractivity (Wildman–Crippen MR) is 67.4 cm³/mol. The van der Waals surface area contributed by atoms with Crippen molar-refractivity contribution in [2.75, 3.05) is 13.2 Å². The Morgan fingerprint density at radius 2 is 2.33 bits per heavy atom. The Hall–Kier alpha value is -1.69. The van der Waals surface area contributed by atoms with Gasteiger partial charge < -0.3 is 15.0 Å². The Morgan fingerprint density at radius 1 is 1.61 bits per heavy atom. The van der Waals surface area contributed by atoms with Gasteiger partial charge in [-0.2, -0.15) is 0 Å². The zero-order valence-electron chi connectivity index (χ0n) is 10.9. The van der Waals surface area contributed by atoms with Gasteiger partial charge >= 0.3 is 0 Å². The zero-order valence-corrected chi connectivity index (χ0v) is 10.9. The number of carbonyl (C=O) groups is 1. The fourth-order valence-corrected chi connectivity index (χ4v) is 1.53. The highest BCUT2D eigenvalue weighted by Gasteiger charge is 2.11. The molecule has 0 spiro atoms. The van der Waals surface area contributed by atoms with Gasteiger partial charge in [0.25, 0.3) is 5.56 Å². The average Bonchev–Trinajstić information content (AvgIpc) is 2.27. The molecule has 0 saturated carbocycles. The van der Waals surface area contributed by atoms with E-state index in [0.717, 1.165) is 0 Å². The molecular formula is C12H19N3O3. The van der Waals surface area contributed by atoms with Crippen LogP contribution in [0.25, 0.3) is 0 Å². The monoisotopic (exact) mass is 253 g/mol. The summed E-state index contributed by atoms with van der Waals surface area (Å²) in [5, 5.41) is 2.73. The van der Waals surface area contributed by atoms with Crippen LogP contribution in [0.3, 0.4) is 0 Å². The van der Waals surface area contributed by atoms with Gasteiger partial charge in [0.15, 0.2) is 0 Å². The van der Waals surface area contributed by atoms with Crippen molar-refractivity contribution in [1.29, 1.82) is 0 Å². The third-order valence-corrected chi connectivity index (χ3v) is 2.37. The molecule has 0 aliphatic heterocycles. The van der Waals surface area contributed by atoms with Gasteiger partial charge in [-0.15, -0.1) is 0 Å². The number of nitrogens with one attached hydrogen (secondary N) is 2. The molecule has 0 saturated heterocycles. The van der Waals surface area contributed by atoms with Crippen molar-refractivity contribution in [2.45, 2.75) is 33.3 Å². The first-order valence-electron chi connectivity index (χ1n) is 5.99. The lowest BCUT2D eigenvalue weighted by Crippen LogP contribution is -2.36. The average molecular weight is 253 g/mol. The smallest absolute Gasteiger partial charge is 0.251 e. The SMILES string of the molecule is CCO[C@@H](C)C(=O)NCCc1nc(C)cc(=O)[nH]1. The summed E-state index contributed by atoms with van der Waals surface area (Å²) in [4.78, 5) is 29.5. The van der Waals surface area contributed by atoms with Crippen LogP contribution in [-0.2, 0) is 16.0 Å². The van der Waals surface area contributed by atoms with Crippen LogP contribution in [0.2, 0.25) is 0 Å². The van der Waals surface area contributed by atoms with Crippen molar-refractivity contribution in [3.05, 3.63) is 27.9 Å². The Bertz CT molecular complexity index is 456. The molecule has 0 aliphatic rings. The van der Waals surface area contributed by atoms with E-state index in [1.54, 1.807) is 13.8 Å². The second-order valence-corrected chi connectivity index (χ2v) is 3.97. The molecule has 1 aromatic rings. The fourth-order valence-electron chi connectivity index (χ4n) is 1.53. The minimum absolute atomic E-state index is 0.160. The van der Waals surface area contributed by atoms with E-state index in [1.807, 2.05) is 6.92 Å². The van der Waals surface area contributed by atoms with Gasteiger partial charge in [-0.05, 0) is 20.8 Å². The molecule has 100 valence electrons. The van der Waals surface area contributed by atoms with Crippen LogP contribution >= 0.6 is 0 Å². The highest BCUT2D eigenvalue weighted by Crippen LogP contribution is 1.92. The third kappa shape index (κ3) is 4.67. The van der Waals surface area contributed by atoms with Crippen molar-refractivity contribution in [3.63, 3.8) is 0 Å². The van der Waals surface area contributed by atoms with Crippen LogP contribution in [0, 0.1) is 6.92 Å². The molecule has 1 amide bonds. The van der Waals surface area contributed by atoms with E-state index in [2.05, 4.69) is 15.3 Å². The first-order valence-corrected chi connectivity index (χ1v) is 5.99. The summed E-state index contributed by atoms with van der Waals surface area (Å²) in [7, 11) is 0. The first-order chi connectivity index (χ1) is 8.52. The van der Waals surface area contributed by atoms with Gasteiger partial charge in [-0.25, -0.2) is 4.98 Å². The van der Waals surface area contributed by atoms with Gasteiger partial charge in [0, 0.05) is 31.3 Å². The first kappa shape index (κ1) is 14.4. The molecule has 0 radical (unpaired) electrons. The number of aromatic nitrogens is 2. The van der Waals surface area contributed by atoms with Crippen molar-refractivity contribution in [3.8, 4) is 0 Å². The molecule has 0 unspecified atom stereocenters. The van der Waals surface area contributed by atoms with Crippen molar-refractivity contribution in [2.24, 2.45) is 0 Å².